The van der Waals surface area contributed by atoms with E-state index in [9.17, 15) is 0 Å². The summed E-state index contributed by atoms with van der Waals surface area (Å²) in [5.41, 5.74) is 3.64. The van der Waals surface area contributed by atoms with Crippen molar-refractivity contribution in [2.75, 3.05) is 5.32 Å². The van der Waals surface area contributed by atoms with E-state index < -0.39 is 0 Å². The lowest BCUT2D eigenvalue weighted by Crippen LogP contribution is -2.05. The molecule has 2 rings (SSSR count). The second kappa shape index (κ2) is 4.84. The van der Waals surface area contributed by atoms with Gasteiger partial charge in [0.25, 0.3) is 0 Å². The molecular weight excluding hydrogens is 198 g/mol. The molecule has 16 heavy (non-hydrogen) atoms. The van der Waals surface area contributed by atoms with Gasteiger partial charge in [-0.05, 0) is 26.0 Å². The molecule has 0 atom stereocenters. The van der Waals surface area contributed by atoms with Gasteiger partial charge in [-0.25, -0.2) is 4.98 Å². The molecule has 0 saturated heterocycles. The van der Waals surface area contributed by atoms with Gasteiger partial charge in [-0.15, -0.1) is 0 Å². The summed E-state index contributed by atoms with van der Waals surface area (Å²) in [4.78, 5) is 4.14. The number of rotatable bonds is 4. The van der Waals surface area contributed by atoms with Gasteiger partial charge in [-0.1, -0.05) is 17.7 Å². The molecule has 0 saturated carbocycles. The van der Waals surface area contributed by atoms with E-state index in [4.69, 9.17) is 0 Å². The summed E-state index contributed by atoms with van der Waals surface area (Å²) in [6.45, 7) is 5.99. The van der Waals surface area contributed by atoms with Gasteiger partial charge in [0, 0.05) is 18.4 Å². The van der Waals surface area contributed by atoms with Crippen LogP contribution >= 0.6 is 0 Å². The maximum atomic E-state index is 4.14. The normalized spacial score (nSPS) is 10.4. The smallest absolute Gasteiger partial charge is 0.0948 e. The largest absolute Gasteiger partial charge is 0.379 e. The second-order valence-corrected chi connectivity index (χ2v) is 3.89. The van der Waals surface area contributed by atoms with Crippen molar-refractivity contribution in [3.63, 3.8) is 0 Å². The first-order valence-corrected chi connectivity index (χ1v) is 5.59. The van der Waals surface area contributed by atoms with E-state index in [1.54, 1.807) is 0 Å². The van der Waals surface area contributed by atoms with Gasteiger partial charge in [0.2, 0.25) is 0 Å². The minimum atomic E-state index is 0.816. The van der Waals surface area contributed by atoms with Gasteiger partial charge < -0.3 is 9.88 Å². The highest BCUT2D eigenvalue weighted by Gasteiger charge is 1.99. The van der Waals surface area contributed by atoms with Crippen LogP contribution < -0.4 is 5.32 Å². The van der Waals surface area contributed by atoms with Gasteiger partial charge in [-0.3, -0.25) is 0 Å². The molecule has 0 fully saturated rings. The average molecular weight is 215 g/mol. The number of benzene rings is 1. The van der Waals surface area contributed by atoms with Crippen LogP contribution in [0.25, 0.3) is 0 Å². The lowest BCUT2D eigenvalue weighted by atomic mass is 10.2. The van der Waals surface area contributed by atoms with Crippen molar-refractivity contribution in [1.82, 2.24) is 9.55 Å². The second-order valence-electron chi connectivity index (χ2n) is 3.89. The Morgan fingerprint density at radius 3 is 2.69 bits per heavy atom. The summed E-state index contributed by atoms with van der Waals surface area (Å²) in [6.07, 6.45) is 3.77. The number of hydrogen-bond donors (Lipinski definition) is 1. The van der Waals surface area contributed by atoms with Gasteiger partial charge in [0.15, 0.2) is 0 Å². The Balaban J connectivity index is 1.99. The Hall–Kier alpha value is -1.77. The molecule has 2 aromatic rings. The average Bonchev–Trinajstić information content (AvgIpc) is 2.76. The number of anilines is 1. The van der Waals surface area contributed by atoms with E-state index in [-0.39, 0.29) is 0 Å². The van der Waals surface area contributed by atoms with E-state index >= 15 is 0 Å². The van der Waals surface area contributed by atoms with Crippen molar-refractivity contribution in [2.24, 2.45) is 0 Å². The molecule has 3 heteroatoms. The number of aryl methyl sites for hydroxylation is 2. The molecule has 0 aliphatic rings. The molecule has 0 aliphatic heterocycles. The third-order valence-corrected chi connectivity index (χ3v) is 2.66. The van der Waals surface area contributed by atoms with E-state index in [1.165, 1.54) is 11.3 Å². The van der Waals surface area contributed by atoms with E-state index in [2.05, 4.69) is 53.0 Å². The van der Waals surface area contributed by atoms with Crippen LogP contribution in [0.4, 0.5) is 5.69 Å². The summed E-state index contributed by atoms with van der Waals surface area (Å²) < 4.78 is 2.14. The standard InChI is InChI=1S/C13H17N3/c1-3-16-10-14-8-13(16)9-15-12-6-4-11(2)5-7-12/h4-8,10,15H,3,9H2,1-2H3. The fourth-order valence-electron chi connectivity index (χ4n) is 1.64. The van der Waals surface area contributed by atoms with Gasteiger partial charge in [0.05, 0.1) is 18.6 Å². The van der Waals surface area contributed by atoms with Crippen molar-refractivity contribution in [3.05, 3.63) is 48.0 Å². The highest BCUT2D eigenvalue weighted by Crippen LogP contribution is 2.10. The lowest BCUT2D eigenvalue weighted by Gasteiger charge is -2.08. The molecule has 0 radical (unpaired) electrons. The molecule has 0 aliphatic carbocycles. The highest BCUT2D eigenvalue weighted by molar-refractivity contribution is 5.44. The van der Waals surface area contributed by atoms with Crippen molar-refractivity contribution in [3.8, 4) is 0 Å². The van der Waals surface area contributed by atoms with Crippen LogP contribution in [0.1, 0.15) is 18.2 Å². The third-order valence-electron chi connectivity index (χ3n) is 2.66. The summed E-state index contributed by atoms with van der Waals surface area (Å²) >= 11 is 0. The minimum absolute atomic E-state index is 0.816. The third kappa shape index (κ3) is 2.42. The van der Waals surface area contributed by atoms with Crippen LogP contribution in [-0.4, -0.2) is 9.55 Å². The molecular formula is C13H17N3. The van der Waals surface area contributed by atoms with Crippen molar-refractivity contribution < 1.29 is 0 Å². The summed E-state index contributed by atoms with van der Waals surface area (Å²) in [5, 5.41) is 3.39. The Morgan fingerprint density at radius 2 is 2.00 bits per heavy atom. The maximum Gasteiger partial charge on any atom is 0.0948 e. The van der Waals surface area contributed by atoms with E-state index in [1.807, 2.05) is 12.5 Å². The molecule has 3 nitrogen and oxygen atoms in total. The van der Waals surface area contributed by atoms with Crippen LogP contribution in [0.5, 0.6) is 0 Å². The number of hydrogen-bond acceptors (Lipinski definition) is 2. The molecule has 1 heterocycles. The quantitative estimate of drug-likeness (QED) is 0.850. The maximum absolute atomic E-state index is 4.14. The molecule has 0 bridgehead atoms. The zero-order chi connectivity index (χ0) is 11.4. The number of nitrogens with zero attached hydrogens (tertiary/aromatic N) is 2. The molecule has 1 N–H and O–H groups in total. The fourth-order valence-corrected chi connectivity index (χ4v) is 1.64. The fraction of sp³-hybridized carbons (Fsp3) is 0.308. The predicted octanol–water partition coefficient (Wildman–Crippen LogP) is 2.82. The number of aromatic nitrogens is 2. The Bertz CT molecular complexity index is 442. The van der Waals surface area contributed by atoms with Crippen molar-refractivity contribution in [1.29, 1.82) is 0 Å². The molecule has 0 unspecified atom stereocenters. The van der Waals surface area contributed by atoms with Crippen LogP contribution in [0, 0.1) is 6.92 Å². The van der Waals surface area contributed by atoms with Gasteiger partial charge in [-0.2, -0.15) is 0 Å². The topological polar surface area (TPSA) is 29.9 Å². The molecule has 84 valence electrons. The first kappa shape index (κ1) is 10.7. The summed E-state index contributed by atoms with van der Waals surface area (Å²) in [5.74, 6) is 0. The SMILES string of the molecule is CCn1cncc1CNc1ccc(C)cc1. The summed E-state index contributed by atoms with van der Waals surface area (Å²) in [7, 11) is 0. The van der Waals surface area contributed by atoms with E-state index in [0.29, 0.717) is 0 Å². The van der Waals surface area contributed by atoms with Gasteiger partial charge >= 0.3 is 0 Å². The number of imidazole rings is 1. The van der Waals surface area contributed by atoms with Crippen molar-refractivity contribution in [2.45, 2.75) is 26.9 Å². The number of nitrogens with one attached hydrogen (secondary N) is 1. The first-order valence-electron chi connectivity index (χ1n) is 5.59. The van der Waals surface area contributed by atoms with Crippen LogP contribution in [-0.2, 0) is 13.1 Å². The van der Waals surface area contributed by atoms with Crippen molar-refractivity contribution >= 4 is 5.69 Å². The Labute approximate surface area is 96.1 Å². The van der Waals surface area contributed by atoms with Crippen LogP contribution in [0.3, 0.4) is 0 Å². The molecule has 1 aromatic heterocycles. The zero-order valence-corrected chi connectivity index (χ0v) is 9.77. The molecule has 0 spiro atoms. The summed E-state index contributed by atoms with van der Waals surface area (Å²) in [6, 6.07) is 8.42. The highest BCUT2D eigenvalue weighted by atomic mass is 15.1. The predicted molar refractivity (Wildman–Crippen MR) is 66.4 cm³/mol. The minimum Gasteiger partial charge on any atom is -0.379 e. The van der Waals surface area contributed by atoms with E-state index in [0.717, 1.165) is 18.8 Å². The lowest BCUT2D eigenvalue weighted by molar-refractivity contribution is 0.719. The van der Waals surface area contributed by atoms with Gasteiger partial charge in [0.1, 0.15) is 0 Å². The molecule has 0 amide bonds. The zero-order valence-electron chi connectivity index (χ0n) is 9.77. The molecule has 1 aromatic carbocycles. The van der Waals surface area contributed by atoms with Crippen LogP contribution in [0.2, 0.25) is 0 Å². The first-order chi connectivity index (χ1) is 7.79. The van der Waals surface area contributed by atoms with Crippen LogP contribution in [0.15, 0.2) is 36.8 Å². The Morgan fingerprint density at radius 1 is 1.25 bits per heavy atom. The monoisotopic (exact) mass is 215 g/mol. The Kier molecular flexibility index (Phi) is 3.25.